The van der Waals surface area contributed by atoms with Crippen LogP contribution in [0.3, 0.4) is 0 Å². The van der Waals surface area contributed by atoms with Crippen molar-refractivity contribution in [3.05, 3.63) is 50.9 Å². The van der Waals surface area contributed by atoms with Gasteiger partial charge in [-0.15, -0.1) is 11.3 Å². The number of hydrogen-bond donors (Lipinski definition) is 5. The Balaban J connectivity index is 1.82. The molecule has 2 aromatic rings. The SMILES string of the molecule is CN1C(C(=O)Nc2ccc(F)c(Cl)c2)CC(c2ccc(C(=O)O)s2)NS1(O)O. The lowest BCUT2D eigenvalue weighted by Gasteiger charge is -2.50. The standard InChI is InChI=1S/C16H17ClFN3O5S2/c1-21-12(15(22)19-8-2-3-10(18)9(17)6-8)7-11(20-28(21,25)26)13-4-5-14(27-13)16(23)24/h2-6,11-12,20,25-26H,7H2,1H3,(H,19,22)(H,23,24). The van der Waals surface area contributed by atoms with Crippen molar-refractivity contribution in [3.63, 3.8) is 0 Å². The summed E-state index contributed by atoms with van der Waals surface area (Å²) in [4.78, 5) is 24.5. The molecule has 0 bridgehead atoms. The second kappa shape index (κ2) is 7.95. The molecule has 152 valence electrons. The van der Waals surface area contributed by atoms with E-state index in [0.29, 0.717) is 4.88 Å². The number of likely N-dealkylation sites (N-methyl/N-ethyl adjacent to an activating group) is 1. The fraction of sp³-hybridized carbons (Fsp3) is 0.250. The summed E-state index contributed by atoms with van der Waals surface area (Å²) in [5.74, 6) is -2.25. The van der Waals surface area contributed by atoms with E-state index in [9.17, 15) is 23.1 Å². The lowest BCUT2D eigenvalue weighted by atomic mass is 10.1. The molecule has 3 rings (SSSR count). The summed E-state index contributed by atoms with van der Waals surface area (Å²) < 4.78 is 37.8. The summed E-state index contributed by atoms with van der Waals surface area (Å²) in [6, 6.07) is 5.13. The fourth-order valence-corrected chi connectivity index (χ4v) is 5.25. The van der Waals surface area contributed by atoms with Gasteiger partial charge in [-0.25, -0.2) is 9.18 Å². The minimum Gasteiger partial charge on any atom is -0.477 e. The highest BCUT2D eigenvalue weighted by molar-refractivity contribution is 8.20. The maximum Gasteiger partial charge on any atom is 0.345 e. The zero-order valence-electron chi connectivity index (χ0n) is 14.4. The van der Waals surface area contributed by atoms with Crippen LogP contribution in [-0.2, 0) is 4.79 Å². The third kappa shape index (κ3) is 4.30. The van der Waals surface area contributed by atoms with Crippen LogP contribution in [0.4, 0.5) is 10.1 Å². The number of benzene rings is 1. The Labute approximate surface area is 170 Å². The maximum atomic E-state index is 13.3. The van der Waals surface area contributed by atoms with Crippen LogP contribution in [0.1, 0.15) is 27.0 Å². The number of anilines is 1. The molecule has 1 aromatic heterocycles. The quantitative estimate of drug-likeness (QED) is 0.481. The van der Waals surface area contributed by atoms with Crippen LogP contribution in [0.2, 0.25) is 5.02 Å². The molecule has 0 radical (unpaired) electrons. The average Bonchev–Trinajstić information content (AvgIpc) is 3.10. The summed E-state index contributed by atoms with van der Waals surface area (Å²) >= 11 is 6.71. The van der Waals surface area contributed by atoms with Crippen LogP contribution in [-0.4, -0.2) is 43.5 Å². The predicted molar refractivity (Wildman–Crippen MR) is 106 cm³/mol. The molecule has 1 amide bonds. The molecule has 1 fully saturated rings. The van der Waals surface area contributed by atoms with E-state index in [2.05, 4.69) is 10.0 Å². The molecule has 28 heavy (non-hydrogen) atoms. The number of nitrogens with zero attached hydrogens (tertiary/aromatic N) is 1. The van der Waals surface area contributed by atoms with Gasteiger partial charge in [-0.3, -0.25) is 13.9 Å². The smallest absolute Gasteiger partial charge is 0.345 e. The molecule has 2 heterocycles. The van der Waals surface area contributed by atoms with Gasteiger partial charge < -0.3 is 10.4 Å². The predicted octanol–water partition coefficient (Wildman–Crippen LogP) is 3.79. The number of carbonyl (C=O) groups excluding carboxylic acids is 1. The normalized spacial score (nSPS) is 23.2. The summed E-state index contributed by atoms with van der Waals surface area (Å²) in [7, 11) is -2.09. The van der Waals surface area contributed by atoms with E-state index in [1.54, 1.807) is 6.07 Å². The Morgan fingerprint density at radius 1 is 1.36 bits per heavy atom. The van der Waals surface area contributed by atoms with E-state index < -0.39 is 40.7 Å². The van der Waals surface area contributed by atoms with Crippen molar-refractivity contribution >= 4 is 51.5 Å². The van der Waals surface area contributed by atoms with Crippen LogP contribution >= 0.6 is 33.9 Å². The number of aromatic carboxylic acids is 1. The third-order valence-electron chi connectivity index (χ3n) is 4.27. The largest absolute Gasteiger partial charge is 0.477 e. The van der Waals surface area contributed by atoms with Crippen molar-refractivity contribution in [2.75, 3.05) is 12.4 Å². The van der Waals surface area contributed by atoms with Crippen molar-refractivity contribution in [1.82, 2.24) is 9.03 Å². The first-order chi connectivity index (χ1) is 13.1. The number of carboxylic acid groups (broad SMARTS) is 1. The summed E-state index contributed by atoms with van der Waals surface area (Å²) in [6.07, 6.45) is 0.159. The van der Waals surface area contributed by atoms with Gasteiger partial charge in [0.1, 0.15) is 16.7 Å². The van der Waals surface area contributed by atoms with Gasteiger partial charge in [0.25, 0.3) is 0 Å². The van der Waals surface area contributed by atoms with Gasteiger partial charge in [0.15, 0.2) is 0 Å². The third-order valence-corrected chi connectivity index (χ3v) is 7.41. The van der Waals surface area contributed by atoms with Crippen molar-refractivity contribution in [2.45, 2.75) is 18.5 Å². The second-order valence-electron chi connectivity index (χ2n) is 6.11. The van der Waals surface area contributed by atoms with E-state index in [1.165, 1.54) is 25.2 Å². The molecule has 5 N–H and O–H groups in total. The molecule has 2 atom stereocenters. The Morgan fingerprint density at radius 3 is 2.68 bits per heavy atom. The average molecular weight is 450 g/mol. The topological polar surface area (TPSA) is 122 Å². The Bertz CT molecular complexity index is 925. The summed E-state index contributed by atoms with van der Waals surface area (Å²) in [5, 5.41) is 11.5. The molecule has 12 heteroatoms. The number of carbonyl (C=O) groups is 2. The first-order valence-electron chi connectivity index (χ1n) is 7.96. The number of hydrogen-bond acceptors (Lipinski definition) is 7. The van der Waals surface area contributed by atoms with Crippen molar-refractivity contribution in [3.8, 4) is 0 Å². The van der Waals surface area contributed by atoms with Crippen molar-refractivity contribution < 1.29 is 28.2 Å². The molecule has 1 saturated heterocycles. The van der Waals surface area contributed by atoms with Crippen LogP contribution in [0.15, 0.2) is 30.3 Å². The van der Waals surface area contributed by atoms with Gasteiger partial charge >= 0.3 is 5.97 Å². The number of amides is 1. The van der Waals surface area contributed by atoms with Gasteiger partial charge in [-0.2, -0.15) is 9.03 Å². The van der Waals surface area contributed by atoms with Crippen LogP contribution in [0, 0.1) is 5.82 Å². The zero-order chi connectivity index (χ0) is 20.6. The van der Waals surface area contributed by atoms with E-state index in [-0.39, 0.29) is 22.0 Å². The highest BCUT2D eigenvalue weighted by Crippen LogP contribution is 2.48. The molecule has 2 unspecified atom stereocenters. The highest BCUT2D eigenvalue weighted by Gasteiger charge is 2.41. The van der Waals surface area contributed by atoms with Crippen LogP contribution in [0.5, 0.6) is 0 Å². The number of carboxylic acids is 1. The van der Waals surface area contributed by atoms with Gasteiger partial charge in [0.2, 0.25) is 5.91 Å². The summed E-state index contributed by atoms with van der Waals surface area (Å²) in [5.41, 5.74) is 0.264. The van der Waals surface area contributed by atoms with E-state index >= 15 is 0 Å². The molecule has 1 aliphatic rings. The molecular formula is C16H17ClFN3O5S2. The van der Waals surface area contributed by atoms with Gasteiger partial charge in [-0.1, -0.05) is 22.6 Å². The monoisotopic (exact) mass is 449 g/mol. The zero-order valence-corrected chi connectivity index (χ0v) is 16.8. The van der Waals surface area contributed by atoms with Crippen LogP contribution in [0.25, 0.3) is 0 Å². The van der Waals surface area contributed by atoms with Crippen molar-refractivity contribution in [2.24, 2.45) is 0 Å². The number of thiophene rings is 1. The molecule has 0 saturated carbocycles. The number of halogens is 2. The Hall–Kier alpha value is -1.73. The summed E-state index contributed by atoms with van der Waals surface area (Å²) in [6.45, 7) is 0. The maximum absolute atomic E-state index is 13.3. The molecule has 0 spiro atoms. The van der Waals surface area contributed by atoms with E-state index in [1.807, 2.05) is 0 Å². The molecule has 0 aliphatic carbocycles. The van der Waals surface area contributed by atoms with E-state index in [4.69, 9.17) is 16.7 Å². The lowest BCUT2D eigenvalue weighted by molar-refractivity contribution is -0.120. The number of nitrogens with one attached hydrogen (secondary N) is 2. The van der Waals surface area contributed by atoms with Gasteiger partial charge in [0, 0.05) is 17.6 Å². The molecule has 1 aromatic carbocycles. The fourth-order valence-electron chi connectivity index (χ4n) is 2.77. The molecular weight excluding hydrogens is 433 g/mol. The molecule has 1 aliphatic heterocycles. The van der Waals surface area contributed by atoms with Crippen LogP contribution < -0.4 is 10.0 Å². The van der Waals surface area contributed by atoms with Gasteiger partial charge in [-0.05, 0) is 36.8 Å². The minimum absolute atomic E-state index is 0.106. The minimum atomic E-state index is -3.48. The Kier molecular flexibility index (Phi) is 5.96. The van der Waals surface area contributed by atoms with E-state index in [0.717, 1.165) is 21.7 Å². The lowest BCUT2D eigenvalue weighted by Crippen LogP contribution is -2.53. The van der Waals surface area contributed by atoms with Crippen molar-refractivity contribution in [1.29, 1.82) is 0 Å². The molecule has 8 nitrogen and oxygen atoms in total. The first-order valence-corrected chi connectivity index (χ1v) is 10.7. The van der Waals surface area contributed by atoms with Gasteiger partial charge in [0.05, 0.1) is 11.1 Å². The first kappa shape index (κ1) is 21.0. The highest BCUT2D eigenvalue weighted by atomic mass is 35.5. The Morgan fingerprint density at radius 2 is 2.07 bits per heavy atom. The second-order valence-corrected chi connectivity index (χ2v) is 9.48. The number of rotatable bonds is 4.